The average Bonchev–Trinajstić information content (AvgIpc) is 2.96. The van der Waals surface area contributed by atoms with Gasteiger partial charge in [0.25, 0.3) is 0 Å². The quantitative estimate of drug-likeness (QED) is 0.874. The SMILES string of the molecule is CC(O)Cc1cccc2c1ccn2C1CCCC1. The van der Waals surface area contributed by atoms with Crippen LogP contribution in [0.15, 0.2) is 30.5 Å². The Morgan fingerprint density at radius 1 is 1.28 bits per heavy atom. The molecule has 1 saturated carbocycles. The minimum atomic E-state index is -0.273. The van der Waals surface area contributed by atoms with E-state index in [1.165, 1.54) is 42.1 Å². The van der Waals surface area contributed by atoms with Crippen molar-refractivity contribution in [3.05, 3.63) is 36.0 Å². The minimum absolute atomic E-state index is 0.273. The first-order valence-electron chi connectivity index (χ1n) is 7.02. The van der Waals surface area contributed by atoms with E-state index in [1.54, 1.807) is 0 Å². The molecule has 1 aromatic carbocycles. The Kier molecular flexibility index (Phi) is 3.13. The van der Waals surface area contributed by atoms with Gasteiger partial charge >= 0.3 is 0 Å². The van der Waals surface area contributed by atoms with Gasteiger partial charge in [-0.25, -0.2) is 0 Å². The molecule has 0 aliphatic heterocycles. The lowest BCUT2D eigenvalue weighted by molar-refractivity contribution is 0.196. The van der Waals surface area contributed by atoms with Crippen LogP contribution in [-0.2, 0) is 6.42 Å². The van der Waals surface area contributed by atoms with E-state index in [0.29, 0.717) is 6.04 Å². The minimum Gasteiger partial charge on any atom is -0.393 e. The van der Waals surface area contributed by atoms with Gasteiger partial charge in [0, 0.05) is 23.1 Å². The van der Waals surface area contributed by atoms with Crippen LogP contribution in [0.4, 0.5) is 0 Å². The third kappa shape index (κ3) is 2.05. The van der Waals surface area contributed by atoms with Gasteiger partial charge in [0.1, 0.15) is 0 Å². The number of benzene rings is 1. The molecule has 2 nitrogen and oxygen atoms in total. The molecule has 0 amide bonds. The second kappa shape index (κ2) is 4.77. The van der Waals surface area contributed by atoms with E-state index < -0.39 is 0 Å². The van der Waals surface area contributed by atoms with Crippen molar-refractivity contribution in [3.8, 4) is 0 Å². The highest BCUT2D eigenvalue weighted by Gasteiger charge is 2.18. The van der Waals surface area contributed by atoms with Gasteiger partial charge in [-0.15, -0.1) is 0 Å². The molecular formula is C16H21NO. The second-order valence-corrected chi connectivity index (χ2v) is 5.56. The van der Waals surface area contributed by atoms with Crippen molar-refractivity contribution in [3.63, 3.8) is 0 Å². The van der Waals surface area contributed by atoms with Crippen molar-refractivity contribution < 1.29 is 5.11 Å². The highest BCUT2D eigenvalue weighted by atomic mass is 16.3. The van der Waals surface area contributed by atoms with Crippen LogP contribution in [0.2, 0.25) is 0 Å². The van der Waals surface area contributed by atoms with E-state index in [9.17, 15) is 5.11 Å². The van der Waals surface area contributed by atoms with Crippen LogP contribution in [0, 0.1) is 0 Å². The second-order valence-electron chi connectivity index (χ2n) is 5.56. The molecule has 0 spiro atoms. The summed E-state index contributed by atoms with van der Waals surface area (Å²) >= 11 is 0. The highest BCUT2D eigenvalue weighted by Crippen LogP contribution is 2.33. The number of hydrogen-bond acceptors (Lipinski definition) is 1. The summed E-state index contributed by atoms with van der Waals surface area (Å²) in [6.07, 6.45) is 8.04. The largest absolute Gasteiger partial charge is 0.393 e. The van der Waals surface area contributed by atoms with Gasteiger partial charge in [-0.05, 0) is 43.9 Å². The fourth-order valence-corrected chi connectivity index (χ4v) is 3.25. The van der Waals surface area contributed by atoms with Gasteiger partial charge in [-0.3, -0.25) is 0 Å². The molecule has 0 bridgehead atoms. The van der Waals surface area contributed by atoms with Crippen molar-refractivity contribution in [2.45, 2.75) is 51.2 Å². The van der Waals surface area contributed by atoms with E-state index in [0.717, 1.165) is 6.42 Å². The lowest BCUT2D eigenvalue weighted by atomic mass is 10.0. The van der Waals surface area contributed by atoms with Crippen LogP contribution in [0.25, 0.3) is 10.9 Å². The molecule has 96 valence electrons. The number of hydrogen-bond donors (Lipinski definition) is 1. The summed E-state index contributed by atoms with van der Waals surface area (Å²) in [6.45, 7) is 1.85. The smallest absolute Gasteiger partial charge is 0.0552 e. The topological polar surface area (TPSA) is 25.2 Å². The van der Waals surface area contributed by atoms with Gasteiger partial charge in [0.05, 0.1) is 6.10 Å². The van der Waals surface area contributed by atoms with E-state index in [2.05, 4.69) is 35.0 Å². The molecule has 1 heterocycles. The maximum Gasteiger partial charge on any atom is 0.0552 e. The number of aliphatic hydroxyl groups excluding tert-OH is 1. The van der Waals surface area contributed by atoms with Crippen LogP contribution in [0.3, 0.4) is 0 Å². The van der Waals surface area contributed by atoms with Crippen LogP contribution < -0.4 is 0 Å². The van der Waals surface area contributed by atoms with E-state index in [-0.39, 0.29) is 6.10 Å². The van der Waals surface area contributed by atoms with Crippen molar-refractivity contribution in [2.24, 2.45) is 0 Å². The van der Waals surface area contributed by atoms with E-state index in [1.807, 2.05) is 6.92 Å². The standard InChI is InChI=1S/C16H21NO/c1-12(18)11-13-5-4-8-16-15(13)9-10-17(16)14-6-2-3-7-14/h4-5,8-10,12,14,18H,2-3,6-7,11H2,1H3. The molecule has 1 N–H and O–H groups in total. The average molecular weight is 243 g/mol. The van der Waals surface area contributed by atoms with Crippen LogP contribution in [-0.4, -0.2) is 15.8 Å². The molecule has 1 fully saturated rings. The first-order chi connectivity index (χ1) is 8.75. The summed E-state index contributed by atoms with van der Waals surface area (Å²) in [6, 6.07) is 9.36. The Morgan fingerprint density at radius 2 is 2.06 bits per heavy atom. The number of aromatic nitrogens is 1. The van der Waals surface area contributed by atoms with E-state index >= 15 is 0 Å². The first-order valence-corrected chi connectivity index (χ1v) is 7.02. The van der Waals surface area contributed by atoms with Gasteiger partial charge in [-0.2, -0.15) is 0 Å². The highest BCUT2D eigenvalue weighted by molar-refractivity contribution is 5.84. The fraction of sp³-hybridized carbons (Fsp3) is 0.500. The molecule has 0 saturated heterocycles. The molecule has 1 aromatic heterocycles. The summed E-state index contributed by atoms with van der Waals surface area (Å²) in [7, 11) is 0. The van der Waals surface area contributed by atoms with Crippen molar-refractivity contribution in [2.75, 3.05) is 0 Å². The lowest BCUT2D eigenvalue weighted by Crippen LogP contribution is -2.05. The molecule has 3 rings (SSSR count). The molecule has 2 heteroatoms. The van der Waals surface area contributed by atoms with E-state index in [4.69, 9.17) is 0 Å². The normalized spacial score (nSPS) is 18.6. The molecule has 1 aliphatic rings. The molecule has 1 unspecified atom stereocenters. The Bertz CT molecular complexity index is 535. The fourth-order valence-electron chi connectivity index (χ4n) is 3.25. The molecule has 1 atom stereocenters. The van der Waals surface area contributed by atoms with Crippen LogP contribution >= 0.6 is 0 Å². The number of rotatable bonds is 3. The van der Waals surface area contributed by atoms with Crippen molar-refractivity contribution in [1.29, 1.82) is 0 Å². The van der Waals surface area contributed by atoms with Crippen molar-refractivity contribution in [1.82, 2.24) is 4.57 Å². The number of fused-ring (bicyclic) bond motifs is 1. The Labute approximate surface area is 108 Å². The monoisotopic (exact) mass is 243 g/mol. The molecular weight excluding hydrogens is 222 g/mol. The zero-order valence-corrected chi connectivity index (χ0v) is 11.0. The molecule has 1 aliphatic carbocycles. The zero-order valence-electron chi connectivity index (χ0n) is 11.0. The Hall–Kier alpha value is -1.28. The zero-order chi connectivity index (χ0) is 12.5. The number of nitrogens with zero attached hydrogens (tertiary/aromatic N) is 1. The van der Waals surface area contributed by atoms with Gasteiger partial charge in [0.15, 0.2) is 0 Å². The van der Waals surface area contributed by atoms with Gasteiger partial charge in [0.2, 0.25) is 0 Å². The van der Waals surface area contributed by atoms with Crippen LogP contribution in [0.1, 0.15) is 44.2 Å². The summed E-state index contributed by atoms with van der Waals surface area (Å²) in [5.74, 6) is 0. The first kappa shape index (κ1) is 11.8. The molecule has 18 heavy (non-hydrogen) atoms. The Morgan fingerprint density at radius 3 is 2.78 bits per heavy atom. The predicted octanol–water partition coefficient (Wildman–Crippen LogP) is 3.68. The maximum atomic E-state index is 9.58. The lowest BCUT2D eigenvalue weighted by Gasteiger charge is -2.14. The predicted molar refractivity (Wildman–Crippen MR) is 74.8 cm³/mol. The van der Waals surface area contributed by atoms with Crippen molar-refractivity contribution >= 4 is 10.9 Å². The summed E-state index contributed by atoms with van der Waals surface area (Å²) in [5.41, 5.74) is 2.60. The van der Waals surface area contributed by atoms with Crippen LogP contribution in [0.5, 0.6) is 0 Å². The maximum absolute atomic E-state index is 9.58. The molecule has 2 aromatic rings. The summed E-state index contributed by atoms with van der Waals surface area (Å²) in [5, 5.41) is 10.9. The molecule has 0 radical (unpaired) electrons. The summed E-state index contributed by atoms with van der Waals surface area (Å²) in [4.78, 5) is 0. The van der Waals surface area contributed by atoms with Gasteiger partial charge in [-0.1, -0.05) is 25.0 Å². The third-order valence-electron chi connectivity index (χ3n) is 4.09. The number of aliphatic hydroxyl groups is 1. The summed E-state index contributed by atoms with van der Waals surface area (Å²) < 4.78 is 2.44. The third-order valence-corrected chi connectivity index (χ3v) is 4.09. The van der Waals surface area contributed by atoms with Gasteiger partial charge < -0.3 is 9.67 Å². The Balaban J connectivity index is 2.03.